The van der Waals surface area contributed by atoms with Gasteiger partial charge in [0.25, 0.3) is 5.69 Å². The Morgan fingerprint density at radius 1 is 1.48 bits per heavy atom. The van der Waals surface area contributed by atoms with Crippen LogP contribution < -0.4 is 5.32 Å². The number of aryl methyl sites for hydroxylation is 1. The second-order valence-corrected chi connectivity index (χ2v) is 6.06. The van der Waals surface area contributed by atoms with Crippen molar-refractivity contribution in [2.45, 2.75) is 38.6 Å². The van der Waals surface area contributed by atoms with E-state index in [0.717, 1.165) is 25.1 Å². The van der Waals surface area contributed by atoms with Crippen LogP contribution in [0.25, 0.3) is 0 Å². The van der Waals surface area contributed by atoms with Crippen molar-refractivity contribution in [3.63, 3.8) is 0 Å². The zero-order valence-electron chi connectivity index (χ0n) is 14.1. The number of nitrogens with zero attached hydrogens (tertiary/aromatic N) is 3. The van der Waals surface area contributed by atoms with Crippen molar-refractivity contribution < 1.29 is 9.72 Å². The van der Waals surface area contributed by atoms with Crippen LogP contribution in [0.15, 0.2) is 30.6 Å². The van der Waals surface area contributed by atoms with Crippen molar-refractivity contribution >= 4 is 17.4 Å². The summed E-state index contributed by atoms with van der Waals surface area (Å²) in [6, 6.07) is 4.44. The molecule has 0 aliphatic carbocycles. The third kappa shape index (κ3) is 3.62. The molecule has 1 aliphatic heterocycles. The average Bonchev–Trinajstić information content (AvgIpc) is 3.16. The van der Waals surface area contributed by atoms with Crippen molar-refractivity contribution in [2.24, 2.45) is 0 Å². The summed E-state index contributed by atoms with van der Waals surface area (Å²) in [4.78, 5) is 32.6. The lowest BCUT2D eigenvalue weighted by atomic mass is 10.0. The van der Waals surface area contributed by atoms with Crippen LogP contribution in [0, 0.1) is 10.1 Å². The fourth-order valence-electron chi connectivity index (χ4n) is 3.22. The lowest BCUT2D eigenvalue weighted by molar-refractivity contribution is -0.385. The number of benzene rings is 1. The molecule has 0 spiro atoms. The zero-order valence-corrected chi connectivity index (χ0v) is 14.1. The number of nitro benzene ring substituents is 1. The van der Waals surface area contributed by atoms with Gasteiger partial charge in [-0.25, -0.2) is 9.78 Å². The molecule has 3 rings (SSSR count). The van der Waals surface area contributed by atoms with E-state index in [0.29, 0.717) is 24.2 Å². The van der Waals surface area contributed by atoms with Crippen molar-refractivity contribution in [1.29, 1.82) is 0 Å². The van der Waals surface area contributed by atoms with Crippen molar-refractivity contribution in [3.8, 4) is 0 Å². The Morgan fingerprint density at radius 3 is 3.00 bits per heavy atom. The summed E-state index contributed by atoms with van der Waals surface area (Å²) >= 11 is 0. The minimum atomic E-state index is -0.416. The number of imidazole rings is 1. The fraction of sp³-hybridized carbons (Fsp3) is 0.412. The minimum absolute atomic E-state index is 0.0292. The van der Waals surface area contributed by atoms with Gasteiger partial charge in [0.05, 0.1) is 11.0 Å². The first-order chi connectivity index (χ1) is 12.1. The summed E-state index contributed by atoms with van der Waals surface area (Å²) in [6.07, 6.45) is 6.79. The number of nitrogens with one attached hydrogen (secondary N) is 2. The molecule has 1 atom stereocenters. The molecular formula is C17H21N5O3. The molecule has 0 saturated carbocycles. The Labute approximate surface area is 145 Å². The van der Waals surface area contributed by atoms with Crippen LogP contribution in [0.3, 0.4) is 0 Å². The number of piperidine rings is 1. The van der Waals surface area contributed by atoms with E-state index in [-0.39, 0.29) is 17.8 Å². The van der Waals surface area contributed by atoms with E-state index in [2.05, 4.69) is 15.3 Å². The van der Waals surface area contributed by atoms with Crippen molar-refractivity contribution in [3.05, 3.63) is 52.1 Å². The van der Waals surface area contributed by atoms with Gasteiger partial charge in [-0.05, 0) is 31.7 Å². The Morgan fingerprint density at radius 2 is 2.32 bits per heavy atom. The number of hydrogen-bond donors (Lipinski definition) is 2. The van der Waals surface area contributed by atoms with Crippen LogP contribution in [0.1, 0.15) is 43.6 Å². The molecule has 132 valence electrons. The number of carbonyl (C=O) groups excluding carboxylic acids is 1. The molecule has 2 heterocycles. The number of nitro groups is 1. The van der Waals surface area contributed by atoms with Crippen LogP contribution >= 0.6 is 0 Å². The highest BCUT2D eigenvalue weighted by atomic mass is 16.6. The molecule has 2 N–H and O–H groups in total. The lowest BCUT2D eigenvalue weighted by Crippen LogP contribution is -2.41. The maximum absolute atomic E-state index is 12.7. The van der Waals surface area contributed by atoms with Gasteiger partial charge in [0.15, 0.2) is 0 Å². The number of rotatable bonds is 4. The molecular weight excluding hydrogens is 322 g/mol. The highest BCUT2D eigenvalue weighted by Gasteiger charge is 2.29. The average molecular weight is 343 g/mol. The normalized spacial score (nSPS) is 17.3. The Balaban J connectivity index is 1.79. The van der Waals surface area contributed by atoms with E-state index >= 15 is 0 Å². The largest absolute Gasteiger partial charge is 0.347 e. The number of aromatic amines is 1. The van der Waals surface area contributed by atoms with E-state index in [1.165, 1.54) is 6.07 Å². The summed E-state index contributed by atoms with van der Waals surface area (Å²) in [5.41, 5.74) is 1.11. The van der Waals surface area contributed by atoms with Gasteiger partial charge >= 0.3 is 6.03 Å². The molecule has 1 fully saturated rings. The van der Waals surface area contributed by atoms with Gasteiger partial charge in [-0.2, -0.15) is 0 Å². The van der Waals surface area contributed by atoms with Crippen LogP contribution in [-0.4, -0.2) is 32.4 Å². The standard InChI is InChI=1S/C17H21N5O3/c1-2-12-6-7-13(11-15(12)22(24)25)20-17(23)21-10-4-3-5-14(21)16-18-8-9-19-16/h6-9,11,14H,2-5,10H2,1H3,(H,18,19)(H,20,23)/t14-/m0/s1. The van der Waals surface area contributed by atoms with Gasteiger partial charge in [-0.1, -0.05) is 13.0 Å². The number of carbonyl (C=O) groups is 1. The minimum Gasteiger partial charge on any atom is -0.347 e. The lowest BCUT2D eigenvalue weighted by Gasteiger charge is -2.34. The van der Waals surface area contributed by atoms with Crippen LogP contribution in [0.2, 0.25) is 0 Å². The van der Waals surface area contributed by atoms with Gasteiger partial charge in [0, 0.05) is 36.3 Å². The van der Waals surface area contributed by atoms with Gasteiger partial charge in [0.1, 0.15) is 5.82 Å². The monoisotopic (exact) mass is 343 g/mol. The SMILES string of the molecule is CCc1ccc(NC(=O)N2CCCC[C@H]2c2ncc[nH]2)cc1[N+](=O)[O-]. The zero-order chi connectivity index (χ0) is 17.8. The van der Waals surface area contributed by atoms with E-state index in [9.17, 15) is 14.9 Å². The first-order valence-electron chi connectivity index (χ1n) is 8.44. The Hall–Kier alpha value is -2.90. The third-order valence-corrected chi connectivity index (χ3v) is 4.51. The number of amides is 2. The van der Waals surface area contributed by atoms with Crippen LogP contribution in [-0.2, 0) is 6.42 Å². The molecule has 1 saturated heterocycles. The predicted octanol–water partition coefficient (Wildman–Crippen LogP) is 3.64. The molecule has 0 unspecified atom stereocenters. The van der Waals surface area contributed by atoms with Gasteiger partial charge < -0.3 is 15.2 Å². The summed E-state index contributed by atoms with van der Waals surface area (Å²) in [7, 11) is 0. The van der Waals surface area contributed by atoms with Crippen molar-refractivity contribution in [1.82, 2.24) is 14.9 Å². The molecule has 2 amide bonds. The molecule has 2 aromatic rings. The third-order valence-electron chi connectivity index (χ3n) is 4.51. The molecule has 1 aliphatic rings. The molecule has 1 aromatic carbocycles. The number of hydrogen-bond acceptors (Lipinski definition) is 4. The second-order valence-electron chi connectivity index (χ2n) is 6.06. The molecule has 0 bridgehead atoms. The Kier molecular flexibility index (Phi) is 4.97. The first-order valence-corrected chi connectivity index (χ1v) is 8.44. The highest BCUT2D eigenvalue weighted by molar-refractivity contribution is 5.90. The summed E-state index contributed by atoms with van der Waals surface area (Å²) in [5.74, 6) is 0.766. The van der Waals surface area contributed by atoms with Gasteiger partial charge in [-0.3, -0.25) is 10.1 Å². The molecule has 25 heavy (non-hydrogen) atoms. The van der Waals surface area contributed by atoms with E-state index < -0.39 is 4.92 Å². The Bertz CT molecular complexity index is 760. The maximum atomic E-state index is 12.7. The second kappa shape index (κ2) is 7.33. The molecule has 0 radical (unpaired) electrons. The summed E-state index contributed by atoms with van der Waals surface area (Å²) < 4.78 is 0. The number of likely N-dealkylation sites (tertiary alicyclic amines) is 1. The van der Waals surface area contributed by atoms with Crippen LogP contribution in [0.4, 0.5) is 16.2 Å². The number of urea groups is 1. The highest BCUT2D eigenvalue weighted by Crippen LogP contribution is 2.30. The molecule has 8 heteroatoms. The van der Waals surface area contributed by atoms with Crippen molar-refractivity contribution in [2.75, 3.05) is 11.9 Å². The first kappa shape index (κ1) is 16.9. The van der Waals surface area contributed by atoms with Crippen LogP contribution in [0.5, 0.6) is 0 Å². The number of anilines is 1. The quantitative estimate of drug-likeness (QED) is 0.653. The van der Waals surface area contributed by atoms with Gasteiger partial charge in [-0.15, -0.1) is 0 Å². The van der Waals surface area contributed by atoms with E-state index in [1.54, 1.807) is 29.4 Å². The number of H-pyrrole nitrogens is 1. The van der Waals surface area contributed by atoms with E-state index in [4.69, 9.17) is 0 Å². The van der Waals surface area contributed by atoms with Gasteiger partial charge in [0.2, 0.25) is 0 Å². The molecule has 1 aromatic heterocycles. The van der Waals surface area contributed by atoms with E-state index in [1.807, 2.05) is 6.92 Å². The molecule has 8 nitrogen and oxygen atoms in total. The predicted molar refractivity (Wildman–Crippen MR) is 93.4 cm³/mol. The summed E-state index contributed by atoms with van der Waals surface area (Å²) in [5, 5.41) is 14.0. The smallest absolute Gasteiger partial charge is 0.322 e. The fourth-order valence-corrected chi connectivity index (χ4v) is 3.22. The summed E-state index contributed by atoms with van der Waals surface area (Å²) in [6.45, 7) is 2.49. The number of aromatic nitrogens is 2. The topological polar surface area (TPSA) is 104 Å². The maximum Gasteiger partial charge on any atom is 0.322 e.